The van der Waals surface area contributed by atoms with E-state index >= 15 is 0 Å². The molecule has 5 heteroatoms. The second-order valence-corrected chi connectivity index (χ2v) is 7.35. The lowest BCUT2D eigenvalue weighted by atomic mass is 10.1. The summed E-state index contributed by atoms with van der Waals surface area (Å²) in [4.78, 5) is 26.4. The molecule has 0 unspecified atom stereocenters. The van der Waals surface area contributed by atoms with Crippen LogP contribution in [0.4, 0.5) is 15.8 Å². The van der Waals surface area contributed by atoms with E-state index in [-0.39, 0.29) is 23.5 Å². The SMILES string of the molecule is O=C(CCCc1ccccc1F)Nc1ccc2c(c1)CCN2C(=O)C1CC1. The van der Waals surface area contributed by atoms with Crippen LogP contribution in [0.3, 0.4) is 0 Å². The molecular weight excluding hydrogens is 343 g/mol. The van der Waals surface area contributed by atoms with Gasteiger partial charge in [-0.1, -0.05) is 18.2 Å². The molecule has 1 heterocycles. The van der Waals surface area contributed by atoms with Gasteiger partial charge in [-0.25, -0.2) is 4.39 Å². The number of benzene rings is 2. The molecule has 2 aliphatic rings. The van der Waals surface area contributed by atoms with Crippen LogP contribution in [0.2, 0.25) is 0 Å². The van der Waals surface area contributed by atoms with Crippen molar-refractivity contribution in [2.75, 3.05) is 16.8 Å². The Balaban J connectivity index is 1.31. The number of amides is 2. The Hall–Kier alpha value is -2.69. The van der Waals surface area contributed by atoms with E-state index in [0.717, 1.165) is 42.7 Å². The number of fused-ring (bicyclic) bond motifs is 1. The van der Waals surface area contributed by atoms with Gasteiger partial charge in [-0.3, -0.25) is 9.59 Å². The zero-order chi connectivity index (χ0) is 18.8. The van der Waals surface area contributed by atoms with Crippen molar-refractivity contribution in [2.45, 2.75) is 38.5 Å². The molecule has 0 radical (unpaired) electrons. The molecule has 0 bridgehead atoms. The van der Waals surface area contributed by atoms with E-state index in [9.17, 15) is 14.0 Å². The number of nitrogens with one attached hydrogen (secondary N) is 1. The molecule has 2 amide bonds. The van der Waals surface area contributed by atoms with E-state index < -0.39 is 0 Å². The van der Waals surface area contributed by atoms with E-state index in [1.165, 1.54) is 6.07 Å². The third kappa shape index (κ3) is 4.02. The summed E-state index contributed by atoms with van der Waals surface area (Å²) in [5, 5.41) is 2.92. The standard InChI is InChI=1S/C22H23FN2O2/c23-19-6-2-1-4-15(19)5-3-7-21(26)24-18-10-11-20-17(14-18)12-13-25(20)22(27)16-8-9-16/h1-2,4,6,10-11,14,16H,3,5,7-9,12-13H2,(H,24,26). The van der Waals surface area contributed by atoms with Crippen LogP contribution in [-0.4, -0.2) is 18.4 Å². The van der Waals surface area contributed by atoms with Gasteiger partial charge in [0.05, 0.1) is 0 Å². The van der Waals surface area contributed by atoms with Gasteiger partial charge in [0.2, 0.25) is 11.8 Å². The van der Waals surface area contributed by atoms with Crippen LogP contribution < -0.4 is 10.2 Å². The van der Waals surface area contributed by atoms with Gasteiger partial charge >= 0.3 is 0 Å². The second-order valence-electron chi connectivity index (χ2n) is 7.35. The van der Waals surface area contributed by atoms with Crippen molar-refractivity contribution in [3.63, 3.8) is 0 Å². The Kier molecular flexibility index (Phi) is 4.92. The van der Waals surface area contributed by atoms with Crippen molar-refractivity contribution in [3.8, 4) is 0 Å². The highest BCUT2D eigenvalue weighted by molar-refractivity contribution is 5.99. The summed E-state index contributed by atoms with van der Waals surface area (Å²) in [5.41, 5.74) is 3.48. The van der Waals surface area contributed by atoms with Gasteiger partial charge in [-0.2, -0.15) is 0 Å². The second kappa shape index (κ2) is 7.51. The number of hydrogen-bond donors (Lipinski definition) is 1. The van der Waals surface area contributed by atoms with E-state index in [4.69, 9.17) is 0 Å². The van der Waals surface area contributed by atoms with Gasteiger partial charge in [0, 0.05) is 30.3 Å². The van der Waals surface area contributed by atoms with Gasteiger partial charge in [0.1, 0.15) is 5.82 Å². The highest BCUT2D eigenvalue weighted by atomic mass is 19.1. The molecule has 4 rings (SSSR count). The highest BCUT2D eigenvalue weighted by Gasteiger charge is 2.36. The molecule has 0 aromatic heterocycles. The van der Waals surface area contributed by atoms with E-state index in [0.29, 0.717) is 24.8 Å². The van der Waals surface area contributed by atoms with Crippen molar-refractivity contribution >= 4 is 23.2 Å². The van der Waals surface area contributed by atoms with Crippen molar-refractivity contribution < 1.29 is 14.0 Å². The summed E-state index contributed by atoms with van der Waals surface area (Å²) < 4.78 is 13.6. The smallest absolute Gasteiger partial charge is 0.230 e. The van der Waals surface area contributed by atoms with E-state index in [1.807, 2.05) is 23.1 Å². The topological polar surface area (TPSA) is 49.4 Å². The van der Waals surface area contributed by atoms with Gasteiger partial charge in [0.25, 0.3) is 0 Å². The minimum absolute atomic E-state index is 0.0739. The highest BCUT2D eigenvalue weighted by Crippen LogP contribution is 2.37. The van der Waals surface area contributed by atoms with Crippen molar-refractivity contribution in [2.24, 2.45) is 5.92 Å². The average Bonchev–Trinajstić information content (AvgIpc) is 3.42. The fourth-order valence-corrected chi connectivity index (χ4v) is 3.62. The van der Waals surface area contributed by atoms with Crippen LogP contribution in [0, 0.1) is 11.7 Å². The number of aryl methyl sites for hydroxylation is 1. The Morgan fingerprint density at radius 2 is 1.96 bits per heavy atom. The zero-order valence-corrected chi connectivity index (χ0v) is 15.2. The first-order chi connectivity index (χ1) is 13.1. The first-order valence-corrected chi connectivity index (χ1v) is 9.59. The molecule has 2 aromatic rings. The molecule has 140 valence electrons. The number of carbonyl (C=O) groups is 2. The first kappa shape index (κ1) is 17.7. The van der Waals surface area contributed by atoms with E-state index in [1.54, 1.807) is 18.2 Å². The summed E-state index contributed by atoms with van der Waals surface area (Å²) in [6.45, 7) is 0.727. The van der Waals surface area contributed by atoms with Gasteiger partial charge in [-0.15, -0.1) is 0 Å². The lowest BCUT2D eigenvalue weighted by Gasteiger charge is -2.17. The lowest BCUT2D eigenvalue weighted by molar-refractivity contribution is -0.119. The van der Waals surface area contributed by atoms with Gasteiger partial charge in [-0.05, 0) is 67.5 Å². The minimum atomic E-state index is -0.221. The maximum atomic E-state index is 13.6. The molecule has 27 heavy (non-hydrogen) atoms. The van der Waals surface area contributed by atoms with Crippen LogP contribution in [-0.2, 0) is 22.4 Å². The lowest BCUT2D eigenvalue weighted by Crippen LogP contribution is -2.30. The van der Waals surface area contributed by atoms with Crippen LogP contribution in [0.25, 0.3) is 0 Å². The van der Waals surface area contributed by atoms with Crippen molar-refractivity contribution in [1.82, 2.24) is 0 Å². The number of carbonyl (C=O) groups excluding carboxylic acids is 2. The number of anilines is 2. The Bertz CT molecular complexity index is 876. The maximum Gasteiger partial charge on any atom is 0.230 e. The first-order valence-electron chi connectivity index (χ1n) is 9.59. The van der Waals surface area contributed by atoms with Crippen molar-refractivity contribution in [3.05, 3.63) is 59.4 Å². The van der Waals surface area contributed by atoms with Crippen LogP contribution >= 0.6 is 0 Å². The third-order valence-electron chi connectivity index (χ3n) is 5.26. The molecule has 2 aromatic carbocycles. The Morgan fingerprint density at radius 1 is 1.15 bits per heavy atom. The zero-order valence-electron chi connectivity index (χ0n) is 15.2. The summed E-state index contributed by atoms with van der Waals surface area (Å²) in [6.07, 6.45) is 4.32. The predicted molar refractivity (Wildman–Crippen MR) is 103 cm³/mol. The molecule has 0 saturated heterocycles. The third-order valence-corrected chi connectivity index (χ3v) is 5.26. The number of halogens is 1. The number of rotatable bonds is 6. The summed E-state index contributed by atoms with van der Waals surface area (Å²) in [6, 6.07) is 12.4. The molecule has 1 fully saturated rings. The number of nitrogens with zero attached hydrogens (tertiary/aromatic N) is 1. The summed E-state index contributed by atoms with van der Waals surface area (Å²) in [5.74, 6) is 0.153. The minimum Gasteiger partial charge on any atom is -0.326 e. The molecule has 1 N–H and O–H groups in total. The Labute approximate surface area is 158 Å². The molecule has 0 atom stereocenters. The molecule has 4 nitrogen and oxygen atoms in total. The van der Waals surface area contributed by atoms with Crippen LogP contribution in [0.1, 0.15) is 36.8 Å². The molecular formula is C22H23FN2O2. The van der Waals surface area contributed by atoms with Crippen LogP contribution in [0.15, 0.2) is 42.5 Å². The maximum absolute atomic E-state index is 13.6. The quantitative estimate of drug-likeness (QED) is 0.837. The fraction of sp³-hybridized carbons (Fsp3) is 0.364. The monoisotopic (exact) mass is 366 g/mol. The van der Waals surface area contributed by atoms with E-state index in [2.05, 4.69) is 5.32 Å². The predicted octanol–water partition coefficient (Wildman–Crippen LogP) is 4.09. The molecule has 1 aliphatic heterocycles. The molecule has 1 aliphatic carbocycles. The van der Waals surface area contributed by atoms with Crippen LogP contribution in [0.5, 0.6) is 0 Å². The molecule has 1 saturated carbocycles. The van der Waals surface area contributed by atoms with Gasteiger partial charge < -0.3 is 10.2 Å². The van der Waals surface area contributed by atoms with Gasteiger partial charge in [0.15, 0.2) is 0 Å². The largest absolute Gasteiger partial charge is 0.326 e. The average molecular weight is 366 g/mol. The number of hydrogen-bond acceptors (Lipinski definition) is 2. The van der Waals surface area contributed by atoms with Crippen molar-refractivity contribution in [1.29, 1.82) is 0 Å². The summed E-state index contributed by atoms with van der Waals surface area (Å²) in [7, 11) is 0. The fourth-order valence-electron chi connectivity index (χ4n) is 3.62. The Morgan fingerprint density at radius 3 is 2.74 bits per heavy atom. The molecule has 0 spiro atoms. The summed E-state index contributed by atoms with van der Waals surface area (Å²) >= 11 is 0. The normalized spacial score (nSPS) is 15.5.